The molecule has 0 aromatic heterocycles. The predicted molar refractivity (Wildman–Crippen MR) is 100 cm³/mol. The summed E-state index contributed by atoms with van der Waals surface area (Å²) < 4.78 is 38.2. The number of benzene rings is 2. The number of nitro groups is 1. The molecule has 2 aromatic rings. The number of alkyl halides is 3. The van der Waals surface area contributed by atoms with Crippen molar-refractivity contribution < 1.29 is 22.9 Å². The SMILES string of the molecule is CCc1cccc(C)c1NC(=O)CCNc1ccc(C(F)(F)F)cc1[N+](=O)[O-]. The van der Waals surface area contributed by atoms with Crippen molar-refractivity contribution in [3.05, 3.63) is 63.2 Å². The van der Waals surface area contributed by atoms with Gasteiger partial charge < -0.3 is 10.6 Å². The van der Waals surface area contributed by atoms with Crippen LogP contribution >= 0.6 is 0 Å². The fourth-order valence-corrected chi connectivity index (χ4v) is 2.72. The van der Waals surface area contributed by atoms with Gasteiger partial charge in [0.1, 0.15) is 5.69 Å². The zero-order chi connectivity index (χ0) is 20.9. The van der Waals surface area contributed by atoms with Gasteiger partial charge in [-0.15, -0.1) is 0 Å². The molecule has 28 heavy (non-hydrogen) atoms. The van der Waals surface area contributed by atoms with E-state index in [1.54, 1.807) is 0 Å². The molecule has 0 aliphatic carbocycles. The third-order valence-electron chi connectivity index (χ3n) is 4.19. The Hall–Kier alpha value is -3.10. The van der Waals surface area contributed by atoms with Crippen molar-refractivity contribution in [1.82, 2.24) is 0 Å². The number of anilines is 2. The van der Waals surface area contributed by atoms with Gasteiger partial charge >= 0.3 is 6.18 Å². The Balaban J connectivity index is 2.03. The van der Waals surface area contributed by atoms with Crippen LogP contribution in [-0.2, 0) is 17.4 Å². The monoisotopic (exact) mass is 395 g/mol. The van der Waals surface area contributed by atoms with Crippen molar-refractivity contribution in [3.63, 3.8) is 0 Å². The predicted octanol–water partition coefficient (Wildman–Crippen LogP) is 4.93. The van der Waals surface area contributed by atoms with Crippen molar-refractivity contribution in [1.29, 1.82) is 0 Å². The number of amides is 1. The first-order chi connectivity index (χ1) is 13.1. The van der Waals surface area contributed by atoms with Gasteiger partial charge in [0.05, 0.1) is 10.5 Å². The van der Waals surface area contributed by atoms with E-state index in [0.717, 1.165) is 35.4 Å². The van der Waals surface area contributed by atoms with Crippen molar-refractivity contribution >= 4 is 23.0 Å². The summed E-state index contributed by atoms with van der Waals surface area (Å²) in [6.07, 6.45) is -3.93. The fourth-order valence-electron chi connectivity index (χ4n) is 2.72. The second-order valence-electron chi connectivity index (χ2n) is 6.17. The molecule has 0 bridgehead atoms. The molecule has 0 aliphatic heterocycles. The maximum absolute atomic E-state index is 12.7. The van der Waals surface area contributed by atoms with E-state index in [4.69, 9.17) is 0 Å². The standard InChI is InChI=1S/C19H20F3N3O3/c1-3-13-6-4-5-12(2)18(13)24-17(26)9-10-23-15-8-7-14(19(20,21)22)11-16(15)25(27)28/h4-8,11,23H,3,9-10H2,1-2H3,(H,24,26). The zero-order valence-electron chi connectivity index (χ0n) is 15.4. The molecule has 150 valence electrons. The number of halogens is 3. The van der Waals surface area contributed by atoms with Crippen LogP contribution in [0.5, 0.6) is 0 Å². The molecule has 0 heterocycles. The van der Waals surface area contributed by atoms with Crippen LogP contribution in [0.25, 0.3) is 0 Å². The number of aryl methyl sites for hydroxylation is 2. The van der Waals surface area contributed by atoms with Crippen LogP contribution in [0.1, 0.15) is 30.0 Å². The number of nitrogens with zero attached hydrogens (tertiary/aromatic N) is 1. The molecule has 0 saturated carbocycles. The number of nitro benzene ring substituents is 1. The number of hydrogen-bond acceptors (Lipinski definition) is 4. The summed E-state index contributed by atoms with van der Waals surface area (Å²) in [5.74, 6) is -0.300. The van der Waals surface area contributed by atoms with Crippen molar-refractivity contribution in [2.24, 2.45) is 0 Å². The Morgan fingerprint density at radius 1 is 1.21 bits per heavy atom. The van der Waals surface area contributed by atoms with Crippen LogP contribution < -0.4 is 10.6 Å². The molecular formula is C19H20F3N3O3. The number of nitrogens with one attached hydrogen (secondary N) is 2. The van der Waals surface area contributed by atoms with Gasteiger partial charge in [-0.2, -0.15) is 13.2 Å². The van der Waals surface area contributed by atoms with Crippen LogP contribution in [0.2, 0.25) is 0 Å². The largest absolute Gasteiger partial charge is 0.416 e. The Kier molecular flexibility index (Phi) is 6.61. The summed E-state index contributed by atoms with van der Waals surface area (Å²) in [6, 6.07) is 7.91. The van der Waals surface area contributed by atoms with Gasteiger partial charge in [0.2, 0.25) is 5.91 Å². The van der Waals surface area contributed by atoms with Crippen LogP contribution in [0.3, 0.4) is 0 Å². The van der Waals surface area contributed by atoms with E-state index in [0.29, 0.717) is 6.07 Å². The average molecular weight is 395 g/mol. The van der Waals surface area contributed by atoms with E-state index in [1.165, 1.54) is 0 Å². The molecule has 0 spiro atoms. The van der Waals surface area contributed by atoms with Gasteiger partial charge in [-0.1, -0.05) is 25.1 Å². The van der Waals surface area contributed by atoms with Crippen LogP contribution in [0, 0.1) is 17.0 Å². The smallest absolute Gasteiger partial charge is 0.379 e. The molecule has 2 rings (SSSR count). The Bertz CT molecular complexity index is 882. The number of para-hydroxylation sites is 1. The topological polar surface area (TPSA) is 84.3 Å². The Morgan fingerprint density at radius 2 is 1.93 bits per heavy atom. The first-order valence-corrected chi connectivity index (χ1v) is 8.61. The van der Waals surface area contributed by atoms with E-state index < -0.39 is 22.4 Å². The van der Waals surface area contributed by atoms with Crippen molar-refractivity contribution in [3.8, 4) is 0 Å². The zero-order valence-corrected chi connectivity index (χ0v) is 15.4. The summed E-state index contributed by atoms with van der Waals surface area (Å²) in [7, 11) is 0. The second kappa shape index (κ2) is 8.73. The normalized spacial score (nSPS) is 11.2. The van der Waals surface area contributed by atoms with Gasteiger partial charge in [-0.3, -0.25) is 14.9 Å². The molecule has 0 saturated heterocycles. The average Bonchev–Trinajstić information content (AvgIpc) is 2.62. The molecule has 0 fully saturated rings. The summed E-state index contributed by atoms with van der Waals surface area (Å²) >= 11 is 0. The molecule has 2 N–H and O–H groups in total. The molecule has 9 heteroatoms. The van der Waals surface area contributed by atoms with Gasteiger partial charge in [0.15, 0.2) is 0 Å². The summed E-state index contributed by atoms with van der Waals surface area (Å²) in [5, 5.41) is 16.6. The summed E-state index contributed by atoms with van der Waals surface area (Å²) in [4.78, 5) is 22.4. The minimum absolute atomic E-state index is 0.00430. The van der Waals surface area contributed by atoms with Gasteiger partial charge in [0, 0.05) is 24.7 Å². The lowest BCUT2D eigenvalue weighted by atomic mass is 10.1. The van der Waals surface area contributed by atoms with Gasteiger partial charge in [0.25, 0.3) is 5.69 Å². The highest BCUT2D eigenvalue weighted by atomic mass is 19.4. The number of hydrogen-bond donors (Lipinski definition) is 2. The minimum Gasteiger partial charge on any atom is -0.379 e. The molecule has 0 radical (unpaired) electrons. The quantitative estimate of drug-likeness (QED) is 0.515. The molecule has 0 atom stereocenters. The van der Waals surface area contributed by atoms with E-state index in [1.807, 2.05) is 32.0 Å². The maximum Gasteiger partial charge on any atom is 0.416 e. The summed E-state index contributed by atoms with van der Waals surface area (Å²) in [5.41, 5.74) is 0.765. The number of carbonyl (C=O) groups is 1. The molecule has 2 aromatic carbocycles. The van der Waals surface area contributed by atoms with Crippen molar-refractivity contribution in [2.45, 2.75) is 32.9 Å². The third kappa shape index (κ3) is 5.21. The van der Waals surface area contributed by atoms with Crippen LogP contribution in [-0.4, -0.2) is 17.4 Å². The highest BCUT2D eigenvalue weighted by Crippen LogP contribution is 2.34. The van der Waals surface area contributed by atoms with Gasteiger partial charge in [-0.25, -0.2) is 0 Å². The van der Waals surface area contributed by atoms with E-state index >= 15 is 0 Å². The van der Waals surface area contributed by atoms with E-state index in [2.05, 4.69) is 10.6 Å². The lowest BCUT2D eigenvalue weighted by Gasteiger charge is -2.13. The lowest BCUT2D eigenvalue weighted by molar-refractivity contribution is -0.384. The van der Waals surface area contributed by atoms with Gasteiger partial charge in [-0.05, 0) is 36.6 Å². The minimum atomic E-state index is -4.67. The van der Waals surface area contributed by atoms with E-state index in [9.17, 15) is 28.1 Å². The number of rotatable bonds is 7. The first-order valence-electron chi connectivity index (χ1n) is 8.61. The molecule has 0 unspecified atom stereocenters. The lowest BCUT2D eigenvalue weighted by Crippen LogP contribution is -2.18. The maximum atomic E-state index is 12.7. The second-order valence-corrected chi connectivity index (χ2v) is 6.17. The van der Waals surface area contributed by atoms with Crippen molar-refractivity contribution in [2.75, 3.05) is 17.2 Å². The Labute approximate surface area is 159 Å². The highest BCUT2D eigenvalue weighted by Gasteiger charge is 2.33. The van der Waals surface area contributed by atoms with Crippen LogP contribution in [0.4, 0.5) is 30.2 Å². The summed E-state index contributed by atoms with van der Waals surface area (Å²) in [6.45, 7) is 3.87. The molecule has 0 aliphatic rings. The van der Waals surface area contributed by atoms with E-state index in [-0.39, 0.29) is 24.6 Å². The highest BCUT2D eigenvalue weighted by molar-refractivity contribution is 5.92. The molecule has 1 amide bonds. The molecular weight excluding hydrogens is 375 g/mol. The third-order valence-corrected chi connectivity index (χ3v) is 4.19. The number of carbonyl (C=O) groups excluding carboxylic acids is 1. The molecule has 6 nitrogen and oxygen atoms in total. The van der Waals surface area contributed by atoms with Crippen LogP contribution in [0.15, 0.2) is 36.4 Å². The fraction of sp³-hybridized carbons (Fsp3) is 0.316. The Morgan fingerprint density at radius 3 is 2.54 bits per heavy atom. The first kappa shape index (κ1) is 21.2.